The van der Waals surface area contributed by atoms with Gasteiger partial charge < -0.3 is 14.7 Å². The normalized spacial score (nSPS) is 27.6. The summed E-state index contributed by atoms with van der Waals surface area (Å²) in [5.41, 5.74) is -1.39. The van der Waals surface area contributed by atoms with E-state index in [1.807, 2.05) is 0 Å². The third-order valence-corrected chi connectivity index (χ3v) is 4.67. The number of aliphatic hydroxyl groups is 1. The average Bonchev–Trinajstić information content (AvgIpc) is 2.42. The Morgan fingerprint density at radius 3 is 2.33 bits per heavy atom. The molecule has 1 N–H and O–H groups in total. The third kappa shape index (κ3) is 2.40. The van der Waals surface area contributed by atoms with Gasteiger partial charge in [-0.15, -0.1) is 0 Å². The number of ether oxygens (including phenoxy) is 1. The first-order valence-corrected chi connectivity index (χ1v) is 7.09. The van der Waals surface area contributed by atoms with Gasteiger partial charge in [0.1, 0.15) is 0 Å². The topological polar surface area (TPSA) is 56.5 Å². The maximum absolute atomic E-state index is 10.9. The highest BCUT2D eigenvalue weighted by molar-refractivity contribution is 5.13. The summed E-state index contributed by atoms with van der Waals surface area (Å²) in [5.74, 6) is 0. The molecule has 0 amide bonds. The second kappa shape index (κ2) is 5.56. The lowest BCUT2D eigenvalue weighted by Gasteiger charge is -2.49. The molecule has 0 atom stereocenters. The summed E-state index contributed by atoms with van der Waals surface area (Å²) in [6, 6.07) is 2.43. The molecular formula is C14H24N2O2. The molecular weight excluding hydrogens is 228 g/mol. The Kier molecular flexibility index (Phi) is 4.26. The van der Waals surface area contributed by atoms with Crippen LogP contribution in [0.15, 0.2) is 0 Å². The van der Waals surface area contributed by atoms with Gasteiger partial charge in [0.25, 0.3) is 0 Å². The maximum atomic E-state index is 10.9. The SMILES string of the molecule is CCCN1CCC(O)(C2(C#N)CCOCC2)CC1. The van der Waals surface area contributed by atoms with E-state index < -0.39 is 11.0 Å². The second-order valence-corrected chi connectivity index (χ2v) is 5.68. The van der Waals surface area contributed by atoms with Crippen molar-refractivity contribution in [3.05, 3.63) is 0 Å². The van der Waals surface area contributed by atoms with Gasteiger partial charge in [-0.1, -0.05) is 6.92 Å². The summed E-state index contributed by atoms with van der Waals surface area (Å²) in [4.78, 5) is 2.39. The Hall–Kier alpha value is -0.630. The molecule has 2 heterocycles. The quantitative estimate of drug-likeness (QED) is 0.828. The summed E-state index contributed by atoms with van der Waals surface area (Å²) < 4.78 is 5.35. The van der Waals surface area contributed by atoms with Crippen LogP contribution in [-0.2, 0) is 4.74 Å². The molecule has 0 aromatic rings. The monoisotopic (exact) mass is 252 g/mol. The predicted molar refractivity (Wildman–Crippen MR) is 69.0 cm³/mol. The summed E-state index contributed by atoms with van der Waals surface area (Å²) in [6.07, 6.45) is 3.94. The second-order valence-electron chi connectivity index (χ2n) is 5.68. The highest BCUT2D eigenvalue weighted by Gasteiger charge is 2.52. The smallest absolute Gasteiger partial charge is 0.0904 e. The molecule has 2 fully saturated rings. The van der Waals surface area contributed by atoms with Crippen molar-refractivity contribution in [1.29, 1.82) is 5.26 Å². The van der Waals surface area contributed by atoms with E-state index in [1.165, 1.54) is 0 Å². The van der Waals surface area contributed by atoms with Crippen LogP contribution in [0.2, 0.25) is 0 Å². The standard InChI is InChI=1S/C14H24N2O2/c1-2-7-16-8-3-14(17,4-9-16)13(12-15)5-10-18-11-6-13/h17H,2-11H2,1H3. The fourth-order valence-corrected chi connectivity index (χ4v) is 3.34. The van der Waals surface area contributed by atoms with E-state index in [0.717, 1.165) is 38.9 Å². The molecule has 0 radical (unpaired) electrons. The number of hydrogen-bond donors (Lipinski definition) is 1. The zero-order valence-electron chi connectivity index (χ0n) is 11.3. The van der Waals surface area contributed by atoms with Crippen LogP contribution in [0.5, 0.6) is 0 Å². The molecule has 0 spiro atoms. The minimum absolute atomic E-state index is 0.580. The molecule has 2 saturated heterocycles. The van der Waals surface area contributed by atoms with Gasteiger partial charge in [-0.2, -0.15) is 5.26 Å². The van der Waals surface area contributed by atoms with Crippen LogP contribution >= 0.6 is 0 Å². The minimum atomic E-state index is -0.810. The molecule has 0 saturated carbocycles. The first-order valence-electron chi connectivity index (χ1n) is 7.09. The van der Waals surface area contributed by atoms with E-state index in [2.05, 4.69) is 17.9 Å². The van der Waals surface area contributed by atoms with E-state index in [4.69, 9.17) is 4.74 Å². The molecule has 2 aliphatic heterocycles. The molecule has 0 aliphatic carbocycles. The van der Waals surface area contributed by atoms with Crippen molar-refractivity contribution in [3.8, 4) is 6.07 Å². The van der Waals surface area contributed by atoms with E-state index in [-0.39, 0.29) is 0 Å². The molecule has 0 bridgehead atoms. The number of hydrogen-bond acceptors (Lipinski definition) is 4. The number of likely N-dealkylation sites (tertiary alicyclic amines) is 1. The Bertz CT molecular complexity index is 310. The van der Waals surface area contributed by atoms with Gasteiger partial charge >= 0.3 is 0 Å². The van der Waals surface area contributed by atoms with Gasteiger partial charge in [0.15, 0.2) is 0 Å². The van der Waals surface area contributed by atoms with Crippen molar-refractivity contribution >= 4 is 0 Å². The minimum Gasteiger partial charge on any atom is -0.388 e. The number of nitriles is 1. The number of piperidine rings is 1. The third-order valence-electron chi connectivity index (χ3n) is 4.67. The van der Waals surface area contributed by atoms with E-state index in [9.17, 15) is 10.4 Å². The maximum Gasteiger partial charge on any atom is 0.0904 e. The average molecular weight is 252 g/mol. The zero-order valence-corrected chi connectivity index (χ0v) is 11.3. The Morgan fingerprint density at radius 1 is 1.22 bits per heavy atom. The molecule has 4 nitrogen and oxygen atoms in total. The van der Waals surface area contributed by atoms with Crippen LogP contribution in [-0.4, -0.2) is 48.5 Å². The van der Waals surface area contributed by atoms with Crippen molar-refractivity contribution in [3.63, 3.8) is 0 Å². The van der Waals surface area contributed by atoms with E-state index in [1.54, 1.807) is 0 Å². The number of nitrogens with zero attached hydrogens (tertiary/aromatic N) is 2. The molecule has 0 unspecified atom stereocenters. The molecule has 2 aliphatic rings. The lowest BCUT2D eigenvalue weighted by Crippen LogP contribution is -2.56. The van der Waals surface area contributed by atoms with Crippen molar-refractivity contribution < 1.29 is 9.84 Å². The van der Waals surface area contributed by atoms with Crippen LogP contribution in [0.4, 0.5) is 0 Å². The van der Waals surface area contributed by atoms with Gasteiger partial charge in [0.05, 0.1) is 17.1 Å². The van der Waals surface area contributed by atoms with Crippen molar-refractivity contribution in [2.75, 3.05) is 32.8 Å². The first-order chi connectivity index (χ1) is 8.66. The molecule has 2 rings (SSSR count). The summed E-state index contributed by atoms with van der Waals surface area (Å²) in [6.45, 7) is 6.31. The van der Waals surface area contributed by atoms with Gasteiger partial charge in [0, 0.05) is 26.3 Å². The van der Waals surface area contributed by atoms with Crippen LogP contribution in [0.3, 0.4) is 0 Å². The van der Waals surface area contributed by atoms with Gasteiger partial charge in [0.2, 0.25) is 0 Å². The van der Waals surface area contributed by atoms with Crippen LogP contribution in [0.25, 0.3) is 0 Å². The molecule has 4 heteroatoms. The largest absolute Gasteiger partial charge is 0.388 e. The fourth-order valence-electron chi connectivity index (χ4n) is 3.34. The molecule has 0 aromatic carbocycles. The van der Waals surface area contributed by atoms with Crippen molar-refractivity contribution in [2.45, 2.75) is 44.6 Å². The summed E-state index contributed by atoms with van der Waals surface area (Å²) in [7, 11) is 0. The van der Waals surface area contributed by atoms with Crippen molar-refractivity contribution in [1.82, 2.24) is 4.90 Å². The van der Waals surface area contributed by atoms with Crippen LogP contribution in [0, 0.1) is 16.7 Å². The predicted octanol–water partition coefficient (Wildman–Crippen LogP) is 1.54. The Labute approximate surface area is 110 Å². The Morgan fingerprint density at radius 2 is 1.83 bits per heavy atom. The lowest BCUT2D eigenvalue weighted by molar-refractivity contribution is -0.131. The van der Waals surface area contributed by atoms with E-state index in [0.29, 0.717) is 26.1 Å². The lowest BCUT2D eigenvalue weighted by atomic mass is 9.64. The highest BCUT2D eigenvalue weighted by Crippen LogP contribution is 2.46. The molecule has 0 aromatic heterocycles. The van der Waals surface area contributed by atoms with E-state index >= 15 is 0 Å². The van der Waals surface area contributed by atoms with Gasteiger partial charge in [-0.3, -0.25) is 0 Å². The van der Waals surface area contributed by atoms with Crippen molar-refractivity contribution in [2.24, 2.45) is 5.41 Å². The first kappa shape index (κ1) is 13.8. The fraction of sp³-hybridized carbons (Fsp3) is 0.929. The zero-order chi connectivity index (χ0) is 13.1. The number of rotatable bonds is 3. The highest BCUT2D eigenvalue weighted by atomic mass is 16.5. The van der Waals surface area contributed by atoms with Gasteiger partial charge in [-0.25, -0.2) is 0 Å². The molecule has 102 valence electrons. The van der Waals surface area contributed by atoms with Crippen LogP contribution in [0.1, 0.15) is 39.0 Å². The summed E-state index contributed by atoms with van der Waals surface area (Å²) in [5, 5.41) is 20.5. The Balaban J connectivity index is 2.05. The van der Waals surface area contributed by atoms with Gasteiger partial charge in [-0.05, 0) is 38.6 Å². The summed E-state index contributed by atoms with van der Waals surface area (Å²) >= 11 is 0. The molecule has 18 heavy (non-hydrogen) atoms. The van der Waals surface area contributed by atoms with Crippen LogP contribution < -0.4 is 0 Å².